The van der Waals surface area contributed by atoms with Gasteiger partial charge in [0.25, 0.3) is 11.6 Å². The van der Waals surface area contributed by atoms with Crippen LogP contribution < -0.4 is 9.64 Å². The summed E-state index contributed by atoms with van der Waals surface area (Å²) >= 11 is 0. The zero-order valence-electron chi connectivity index (χ0n) is 15.4. The van der Waals surface area contributed by atoms with Gasteiger partial charge in [0.1, 0.15) is 12.3 Å². The maximum Gasteiger partial charge on any atom is 0.326 e. The molecule has 1 unspecified atom stereocenters. The van der Waals surface area contributed by atoms with Gasteiger partial charge in [-0.2, -0.15) is 0 Å². The van der Waals surface area contributed by atoms with Crippen molar-refractivity contribution in [2.45, 2.75) is 40.2 Å². The van der Waals surface area contributed by atoms with E-state index in [0.717, 1.165) is 6.42 Å². The first-order valence-corrected chi connectivity index (χ1v) is 8.62. The van der Waals surface area contributed by atoms with E-state index < -0.39 is 22.9 Å². The number of fused-ring (bicyclic) bond motifs is 1. The summed E-state index contributed by atoms with van der Waals surface area (Å²) in [5.41, 5.74) is 0.0308. The molecule has 8 nitrogen and oxygen atoms in total. The molecule has 0 spiro atoms. The van der Waals surface area contributed by atoms with Gasteiger partial charge in [-0.3, -0.25) is 24.6 Å². The van der Waals surface area contributed by atoms with Crippen molar-refractivity contribution in [3.63, 3.8) is 0 Å². The molecule has 0 fully saturated rings. The number of anilines is 1. The van der Waals surface area contributed by atoms with E-state index in [1.54, 1.807) is 0 Å². The molecule has 0 saturated carbocycles. The van der Waals surface area contributed by atoms with Gasteiger partial charge >= 0.3 is 5.97 Å². The zero-order valence-corrected chi connectivity index (χ0v) is 15.4. The van der Waals surface area contributed by atoms with Crippen LogP contribution in [0, 0.1) is 22.0 Å². The molecule has 1 aromatic carbocycles. The van der Waals surface area contributed by atoms with Crippen LogP contribution >= 0.6 is 0 Å². The Morgan fingerprint density at radius 3 is 2.62 bits per heavy atom. The summed E-state index contributed by atoms with van der Waals surface area (Å²) in [5.74, 6) is -0.356. The number of carbonyl (C=O) groups is 2. The quantitative estimate of drug-likeness (QED) is 0.419. The molecule has 1 aliphatic rings. The predicted octanol–water partition coefficient (Wildman–Crippen LogP) is 2.93. The number of amides is 1. The standard InChI is InChI=1S/C18H24N2O6/c1-11(2)7-8-25-16(21)10-19-14-9-13(20(23)24)5-6-15(14)26-17(12(3)4)18(19)22/h5-6,9,11-12,17H,7-8,10H2,1-4H3. The van der Waals surface area contributed by atoms with Crippen LogP contribution in [0.1, 0.15) is 34.1 Å². The molecular weight excluding hydrogens is 340 g/mol. The minimum atomic E-state index is -0.757. The number of nitrogens with zero attached hydrogens (tertiary/aromatic N) is 2. The molecule has 1 heterocycles. The molecule has 0 aromatic heterocycles. The summed E-state index contributed by atoms with van der Waals surface area (Å²) in [6, 6.07) is 4.00. The van der Waals surface area contributed by atoms with Crippen LogP contribution in [0.25, 0.3) is 0 Å². The van der Waals surface area contributed by atoms with E-state index in [1.165, 1.54) is 23.1 Å². The molecule has 0 bridgehead atoms. The van der Waals surface area contributed by atoms with Gasteiger partial charge in [0.15, 0.2) is 6.10 Å². The maximum atomic E-state index is 12.8. The average Bonchev–Trinajstić information content (AvgIpc) is 2.56. The van der Waals surface area contributed by atoms with E-state index in [0.29, 0.717) is 11.7 Å². The van der Waals surface area contributed by atoms with Gasteiger partial charge in [-0.15, -0.1) is 0 Å². The fourth-order valence-corrected chi connectivity index (χ4v) is 2.56. The minimum absolute atomic E-state index is 0.120. The van der Waals surface area contributed by atoms with Crippen molar-refractivity contribution in [3.05, 3.63) is 28.3 Å². The number of nitro benzene ring substituents is 1. The lowest BCUT2D eigenvalue weighted by Crippen LogP contribution is -2.50. The van der Waals surface area contributed by atoms with Crippen molar-refractivity contribution in [3.8, 4) is 5.75 Å². The third-order valence-electron chi connectivity index (χ3n) is 4.06. The third-order valence-corrected chi connectivity index (χ3v) is 4.06. The van der Waals surface area contributed by atoms with Gasteiger partial charge in [0.05, 0.1) is 17.2 Å². The molecule has 0 saturated heterocycles. The Balaban J connectivity index is 2.27. The van der Waals surface area contributed by atoms with E-state index in [1.807, 2.05) is 27.7 Å². The zero-order chi connectivity index (χ0) is 19.4. The monoisotopic (exact) mass is 364 g/mol. The highest BCUT2D eigenvalue weighted by Crippen LogP contribution is 2.38. The number of rotatable bonds is 7. The maximum absolute atomic E-state index is 12.8. The first kappa shape index (κ1) is 19.7. The topological polar surface area (TPSA) is 99.0 Å². The van der Waals surface area contributed by atoms with E-state index in [4.69, 9.17) is 9.47 Å². The summed E-state index contributed by atoms with van der Waals surface area (Å²) in [4.78, 5) is 36.6. The van der Waals surface area contributed by atoms with Crippen molar-refractivity contribution < 1.29 is 24.0 Å². The lowest BCUT2D eigenvalue weighted by molar-refractivity contribution is -0.384. The average molecular weight is 364 g/mol. The molecule has 0 aliphatic carbocycles. The number of hydrogen-bond acceptors (Lipinski definition) is 6. The first-order chi connectivity index (χ1) is 12.2. The Morgan fingerprint density at radius 2 is 2.04 bits per heavy atom. The van der Waals surface area contributed by atoms with E-state index in [-0.39, 0.29) is 30.4 Å². The summed E-state index contributed by atoms with van der Waals surface area (Å²) in [7, 11) is 0. The second-order valence-electron chi connectivity index (χ2n) is 7.02. The lowest BCUT2D eigenvalue weighted by Gasteiger charge is -2.35. The molecule has 26 heavy (non-hydrogen) atoms. The van der Waals surface area contributed by atoms with Gasteiger partial charge < -0.3 is 9.47 Å². The second kappa shape index (κ2) is 8.16. The second-order valence-corrected chi connectivity index (χ2v) is 7.02. The van der Waals surface area contributed by atoms with Crippen LogP contribution in [0.15, 0.2) is 18.2 Å². The smallest absolute Gasteiger partial charge is 0.326 e. The molecule has 8 heteroatoms. The third kappa shape index (κ3) is 4.50. The number of non-ortho nitro benzene ring substituents is 1. The van der Waals surface area contributed by atoms with Crippen molar-refractivity contribution >= 4 is 23.3 Å². The fourth-order valence-electron chi connectivity index (χ4n) is 2.56. The summed E-state index contributed by atoms with van der Waals surface area (Å²) in [6.07, 6.45) is -0.0353. The Bertz CT molecular complexity index is 701. The number of hydrogen-bond donors (Lipinski definition) is 0. The van der Waals surface area contributed by atoms with Gasteiger partial charge in [0.2, 0.25) is 0 Å². The molecule has 1 atom stereocenters. The van der Waals surface area contributed by atoms with Crippen LogP contribution in [0.3, 0.4) is 0 Å². The molecule has 142 valence electrons. The molecule has 1 aliphatic heterocycles. The van der Waals surface area contributed by atoms with Crippen LogP contribution in [-0.4, -0.2) is 36.1 Å². The highest BCUT2D eigenvalue weighted by molar-refractivity contribution is 6.03. The Kier molecular flexibility index (Phi) is 6.18. The first-order valence-electron chi connectivity index (χ1n) is 8.62. The van der Waals surface area contributed by atoms with Crippen molar-refractivity contribution in [1.29, 1.82) is 0 Å². The van der Waals surface area contributed by atoms with Crippen LogP contribution in [-0.2, 0) is 14.3 Å². The van der Waals surface area contributed by atoms with Gasteiger partial charge in [-0.1, -0.05) is 27.7 Å². The molecule has 0 radical (unpaired) electrons. The molecule has 2 rings (SSSR count). The van der Waals surface area contributed by atoms with Gasteiger partial charge in [-0.05, 0) is 24.3 Å². The number of ether oxygens (including phenoxy) is 2. The van der Waals surface area contributed by atoms with Gasteiger partial charge in [0, 0.05) is 12.1 Å². The largest absolute Gasteiger partial charge is 0.478 e. The lowest BCUT2D eigenvalue weighted by atomic mass is 10.0. The number of esters is 1. The summed E-state index contributed by atoms with van der Waals surface area (Å²) in [5, 5.41) is 11.0. The highest BCUT2D eigenvalue weighted by atomic mass is 16.6. The van der Waals surface area contributed by atoms with E-state index in [2.05, 4.69) is 0 Å². The summed E-state index contributed by atoms with van der Waals surface area (Å²) in [6.45, 7) is 7.65. The van der Waals surface area contributed by atoms with Gasteiger partial charge in [-0.25, -0.2) is 0 Å². The predicted molar refractivity (Wildman–Crippen MR) is 95.1 cm³/mol. The SMILES string of the molecule is CC(C)CCOC(=O)CN1C(=O)C(C(C)C)Oc2ccc([N+](=O)[O-])cc21. The van der Waals surface area contributed by atoms with E-state index in [9.17, 15) is 19.7 Å². The molecular formula is C18H24N2O6. The van der Waals surface area contributed by atoms with Crippen molar-refractivity contribution in [2.24, 2.45) is 11.8 Å². The Morgan fingerprint density at radius 1 is 1.35 bits per heavy atom. The number of benzene rings is 1. The van der Waals surface area contributed by atoms with Crippen molar-refractivity contribution in [1.82, 2.24) is 0 Å². The summed E-state index contributed by atoms with van der Waals surface area (Å²) < 4.78 is 10.9. The fraction of sp³-hybridized carbons (Fsp3) is 0.556. The Hall–Kier alpha value is -2.64. The molecule has 1 aromatic rings. The molecule has 1 amide bonds. The molecule has 0 N–H and O–H groups in total. The Labute approximate surface area is 152 Å². The number of nitro groups is 1. The van der Waals surface area contributed by atoms with E-state index >= 15 is 0 Å². The van der Waals surface area contributed by atoms with Crippen LogP contribution in [0.4, 0.5) is 11.4 Å². The number of carbonyl (C=O) groups excluding carboxylic acids is 2. The minimum Gasteiger partial charge on any atom is -0.478 e. The normalized spacial score (nSPS) is 16.5. The van der Waals surface area contributed by atoms with Crippen LogP contribution in [0.2, 0.25) is 0 Å². The highest BCUT2D eigenvalue weighted by Gasteiger charge is 2.38. The van der Waals surface area contributed by atoms with Crippen molar-refractivity contribution in [2.75, 3.05) is 18.1 Å². The van der Waals surface area contributed by atoms with Crippen LogP contribution in [0.5, 0.6) is 5.75 Å².